The number of fused-ring (bicyclic) bond motifs is 3. The van der Waals surface area contributed by atoms with Gasteiger partial charge in [-0.25, -0.2) is 0 Å². The molecule has 3 rings (SSSR count). The van der Waals surface area contributed by atoms with Crippen molar-refractivity contribution >= 4 is 23.2 Å². The first-order valence-corrected chi connectivity index (χ1v) is 5.16. The Hall–Kier alpha value is -1.19. The van der Waals surface area contributed by atoms with Gasteiger partial charge in [-0.15, -0.1) is 0 Å². The van der Waals surface area contributed by atoms with Crippen LogP contribution < -0.4 is 4.74 Å². The molecule has 0 aliphatic carbocycles. The Kier molecular flexibility index (Phi) is 1.90. The third kappa shape index (κ3) is 1.31. The van der Waals surface area contributed by atoms with Crippen LogP contribution in [0.1, 0.15) is 5.56 Å². The molecule has 0 bridgehead atoms. The lowest BCUT2D eigenvalue weighted by Gasteiger charge is -2.18. The number of hydrogen-bond donors (Lipinski definition) is 1. The summed E-state index contributed by atoms with van der Waals surface area (Å²) in [6.07, 6.45) is 1.74. The molecule has 0 amide bonds. The van der Waals surface area contributed by atoms with Gasteiger partial charge in [0.25, 0.3) is 0 Å². The second-order valence-corrected chi connectivity index (χ2v) is 4.17. The van der Waals surface area contributed by atoms with Gasteiger partial charge < -0.3 is 4.74 Å². The molecule has 2 aromatic rings. The molecule has 0 spiro atoms. The zero-order valence-electron chi connectivity index (χ0n) is 7.55. The van der Waals surface area contributed by atoms with Crippen molar-refractivity contribution in [1.82, 2.24) is 10.2 Å². The van der Waals surface area contributed by atoms with Gasteiger partial charge in [0.05, 0.1) is 16.9 Å². The lowest BCUT2D eigenvalue weighted by atomic mass is 10.1. The molecule has 1 aromatic heterocycles. The molecule has 2 heterocycles. The van der Waals surface area contributed by atoms with Crippen molar-refractivity contribution in [3.05, 3.63) is 33.9 Å². The highest BCUT2D eigenvalue weighted by atomic mass is 35.5. The zero-order chi connectivity index (χ0) is 10.4. The van der Waals surface area contributed by atoms with Crippen molar-refractivity contribution in [3.8, 4) is 17.0 Å². The van der Waals surface area contributed by atoms with E-state index in [2.05, 4.69) is 10.2 Å². The third-order valence-electron chi connectivity index (χ3n) is 2.37. The number of nitrogens with zero attached hydrogens (tertiary/aromatic N) is 1. The van der Waals surface area contributed by atoms with E-state index in [1.807, 2.05) is 6.07 Å². The van der Waals surface area contributed by atoms with Gasteiger partial charge in [0.1, 0.15) is 12.4 Å². The monoisotopic (exact) mass is 240 g/mol. The maximum Gasteiger partial charge on any atom is 0.147 e. The van der Waals surface area contributed by atoms with Gasteiger partial charge in [-0.05, 0) is 12.1 Å². The summed E-state index contributed by atoms with van der Waals surface area (Å²) in [6.45, 7) is 0.486. The Morgan fingerprint density at radius 1 is 1.33 bits per heavy atom. The summed E-state index contributed by atoms with van der Waals surface area (Å²) < 4.78 is 5.54. The third-order valence-corrected chi connectivity index (χ3v) is 2.87. The average molecular weight is 241 g/mol. The number of aromatic nitrogens is 2. The number of halogens is 2. The second-order valence-electron chi connectivity index (χ2n) is 3.32. The van der Waals surface area contributed by atoms with E-state index in [1.165, 1.54) is 0 Å². The second kappa shape index (κ2) is 3.15. The van der Waals surface area contributed by atoms with E-state index in [0.717, 1.165) is 16.8 Å². The first-order chi connectivity index (χ1) is 7.25. The van der Waals surface area contributed by atoms with Crippen LogP contribution in [0.3, 0.4) is 0 Å². The summed E-state index contributed by atoms with van der Waals surface area (Å²) in [5.41, 5.74) is 2.81. The Balaban J connectivity index is 2.32. The summed E-state index contributed by atoms with van der Waals surface area (Å²) in [4.78, 5) is 0. The predicted octanol–water partition coefficient (Wildman–Crippen LogP) is 3.28. The summed E-state index contributed by atoms with van der Waals surface area (Å²) >= 11 is 12.0. The standard InChI is InChI=1S/C10H6Cl2N2O/c11-6-1-7-9-5(3-13-14-9)4-15-10(7)8(12)2-6/h1-3H,4H2,(H,13,14). The molecule has 0 unspecified atom stereocenters. The Bertz CT molecular complexity index is 536. The van der Waals surface area contributed by atoms with Gasteiger partial charge in [0.15, 0.2) is 0 Å². The van der Waals surface area contributed by atoms with Crippen molar-refractivity contribution in [3.63, 3.8) is 0 Å². The average Bonchev–Trinajstić information content (AvgIpc) is 2.65. The van der Waals surface area contributed by atoms with Crippen molar-refractivity contribution in [2.24, 2.45) is 0 Å². The molecule has 0 atom stereocenters. The van der Waals surface area contributed by atoms with E-state index in [9.17, 15) is 0 Å². The van der Waals surface area contributed by atoms with Gasteiger partial charge >= 0.3 is 0 Å². The molecule has 1 aliphatic heterocycles. The molecular formula is C10H6Cl2N2O. The molecule has 15 heavy (non-hydrogen) atoms. The Morgan fingerprint density at radius 3 is 3.07 bits per heavy atom. The molecule has 1 N–H and O–H groups in total. The lowest BCUT2D eigenvalue weighted by Crippen LogP contribution is -2.04. The van der Waals surface area contributed by atoms with Crippen molar-refractivity contribution < 1.29 is 4.74 Å². The van der Waals surface area contributed by atoms with Crippen LogP contribution in [0.4, 0.5) is 0 Å². The van der Waals surface area contributed by atoms with Gasteiger partial charge in [-0.2, -0.15) is 5.10 Å². The number of H-pyrrole nitrogens is 1. The van der Waals surface area contributed by atoms with Crippen LogP contribution >= 0.6 is 23.2 Å². The van der Waals surface area contributed by atoms with E-state index >= 15 is 0 Å². The van der Waals surface area contributed by atoms with Gasteiger partial charge in [0, 0.05) is 16.1 Å². The number of hydrogen-bond acceptors (Lipinski definition) is 2. The van der Waals surface area contributed by atoms with Gasteiger partial charge in [-0.1, -0.05) is 23.2 Å². The molecule has 3 nitrogen and oxygen atoms in total. The minimum absolute atomic E-state index is 0.486. The highest BCUT2D eigenvalue weighted by Gasteiger charge is 2.21. The van der Waals surface area contributed by atoms with E-state index in [-0.39, 0.29) is 0 Å². The highest BCUT2D eigenvalue weighted by molar-refractivity contribution is 6.36. The van der Waals surface area contributed by atoms with Crippen LogP contribution in [0.25, 0.3) is 11.3 Å². The SMILES string of the molecule is Clc1cc(Cl)c2c(c1)-c1[nH]ncc1CO2. The maximum absolute atomic E-state index is 6.04. The molecule has 0 saturated carbocycles. The quantitative estimate of drug-likeness (QED) is 0.768. The van der Waals surface area contributed by atoms with Crippen molar-refractivity contribution in [2.45, 2.75) is 6.61 Å². The van der Waals surface area contributed by atoms with Crippen LogP contribution in [-0.4, -0.2) is 10.2 Å². The fourth-order valence-corrected chi connectivity index (χ4v) is 2.24. The van der Waals surface area contributed by atoms with Gasteiger partial charge in [-0.3, -0.25) is 5.10 Å². The minimum Gasteiger partial charge on any atom is -0.486 e. The molecule has 0 saturated heterocycles. The summed E-state index contributed by atoms with van der Waals surface area (Å²) in [6, 6.07) is 3.49. The number of nitrogens with one attached hydrogen (secondary N) is 1. The number of aromatic amines is 1. The van der Waals surface area contributed by atoms with Crippen molar-refractivity contribution in [2.75, 3.05) is 0 Å². The topological polar surface area (TPSA) is 37.9 Å². The van der Waals surface area contributed by atoms with E-state index in [4.69, 9.17) is 27.9 Å². The normalized spacial score (nSPS) is 12.9. The number of benzene rings is 1. The Labute approximate surface area is 96.0 Å². The fourth-order valence-electron chi connectivity index (χ4n) is 1.70. The molecule has 1 aromatic carbocycles. The number of rotatable bonds is 0. The van der Waals surface area contributed by atoms with Crippen LogP contribution in [0, 0.1) is 0 Å². The zero-order valence-corrected chi connectivity index (χ0v) is 9.06. The highest BCUT2D eigenvalue weighted by Crippen LogP contribution is 2.42. The Morgan fingerprint density at radius 2 is 2.20 bits per heavy atom. The van der Waals surface area contributed by atoms with Crippen LogP contribution in [0.15, 0.2) is 18.3 Å². The smallest absolute Gasteiger partial charge is 0.147 e. The van der Waals surface area contributed by atoms with Crippen LogP contribution in [-0.2, 0) is 6.61 Å². The molecule has 76 valence electrons. The first kappa shape index (κ1) is 9.07. The molecule has 0 fully saturated rings. The summed E-state index contributed by atoms with van der Waals surface area (Å²) in [5.74, 6) is 0.665. The van der Waals surface area contributed by atoms with Crippen molar-refractivity contribution in [1.29, 1.82) is 0 Å². The number of ether oxygens (including phenoxy) is 1. The minimum atomic E-state index is 0.486. The molecule has 1 aliphatic rings. The molecular weight excluding hydrogens is 235 g/mol. The summed E-state index contributed by atoms with van der Waals surface area (Å²) in [7, 11) is 0. The largest absolute Gasteiger partial charge is 0.486 e. The van der Waals surface area contributed by atoms with E-state index in [1.54, 1.807) is 12.3 Å². The summed E-state index contributed by atoms with van der Waals surface area (Å²) in [5, 5.41) is 8.01. The van der Waals surface area contributed by atoms with Gasteiger partial charge in [0.2, 0.25) is 0 Å². The maximum atomic E-state index is 6.04. The first-order valence-electron chi connectivity index (χ1n) is 4.40. The molecule has 5 heteroatoms. The van der Waals surface area contributed by atoms with Crippen LogP contribution in [0.5, 0.6) is 5.75 Å². The van der Waals surface area contributed by atoms with E-state index in [0.29, 0.717) is 22.4 Å². The van der Waals surface area contributed by atoms with Crippen LogP contribution in [0.2, 0.25) is 10.0 Å². The predicted molar refractivity (Wildman–Crippen MR) is 58.4 cm³/mol. The van der Waals surface area contributed by atoms with E-state index < -0.39 is 0 Å². The molecule has 0 radical (unpaired) electrons. The fraction of sp³-hybridized carbons (Fsp3) is 0.100. The lowest BCUT2D eigenvalue weighted by molar-refractivity contribution is 0.302.